The number of hydrogen-bond acceptors (Lipinski definition) is 4. The molecule has 0 aliphatic heterocycles. The Bertz CT molecular complexity index is 408. The summed E-state index contributed by atoms with van der Waals surface area (Å²) in [7, 11) is 1.91. The van der Waals surface area contributed by atoms with Crippen LogP contribution in [-0.2, 0) is 0 Å². The van der Waals surface area contributed by atoms with Gasteiger partial charge in [0.1, 0.15) is 17.5 Å². The van der Waals surface area contributed by atoms with E-state index in [4.69, 9.17) is 0 Å². The van der Waals surface area contributed by atoms with Crippen molar-refractivity contribution in [1.82, 2.24) is 9.97 Å². The third kappa shape index (κ3) is 2.35. The number of aromatic nitrogens is 2. The van der Waals surface area contributed by atoms with Gasteiger partial charge in [0.05, 0.1) is 0 Å². The highest BCUT2D eigenvalue weighted by Crippen LogP contribution is 2.39. The average Bonchev–Trinajstić information content (AvgIpc) is 3.10. The smallest absolute Gasteiger partial charge is 0.136 e. The highest BCUT2D eigenvalue weighted by Gasteiger charge is 2.29. The maximum atomic E-state index is 4.63. The van der Waals surface area contributed by atoms with Gasteiger partial charge in [0.15, 0.2) is 0 Å². The average molecular weight is 232 g/mol. The van der Waals surface area contributed by atoms with Crippen molar-refractivity contribution >= 4 is 11.6 Å². The monoisotopic (exact) mass is 232 g/mol. The van der Waals surface area contributed by atoms with Crippen molar-refractivity contribution in [1.29, 1.82) is 0 Å². The molecule has 4 nitrogen and oxygen atoms in total. The van der Waals surface area contributed by atoms with E-state index in [0.717, 1.165) is 23.4 Å². The van der Waals surface area contributed by atoms with Gasteiger partial charge in [-0.25, -0.2) is 9.97 Å². The molecule has 1 heterocycles. The lowest BCUT2D eigenvalue weighted by Crippen LogP contribution is -2.34. The minimum atomic E-state index is 0.601. The number of anilines is 2. The fraction of sp³-hybridized carbons (Fsp3) is 0.692. The van der Waals surface area contributed by atoms with Gasteiger partial charge in [0, 0.05) is 25.1 Å². The van der Waals surface area contributed by atoms with E-state index < -0.39 is 0 Å². The van der Waals surface area contributed by atoms with Crippen LogP contribution in [0.4, 0.5) is 11.6 Å². The molecular weight excluding hydrogens is 212 g/mol. The van der Waals surface area contributed by atoms with Crippen LogP contribution in [0.1, 0.15) is 44.3 Å². The molecule has 0 saturated heterocycles. The zero-order valence-electron chi connectivity index (χ0n) is 10.5. The fourth-order valence-corrected chi connectivity index (χ4v) is 2.42. The minimum absolute atomic E-state index is 0.601. The van der Waals surface area contributed by atoms with Crippen LogP contribution in [0.25, 0.3) is 0 Å². The Hall–Kier alpha value is -1.32. The van der Waals surface area contributed by atoms with E-state index >= 15 is 0 Å². The molecule has 2 N–H and O–H groups in total. The van der Waals surface area contributed by atoms with Gasteiger partial charge in [-0.3, -0.25) is 0 Å². The molecule has 0 bridgehead atoms. The van der Waals surface area contributed by atoms with E-state index in [1.54, 1.807) is 0 Å². The van der Waals surface area contributed by atoms with E-state index in [0.29, 0.717) is 12.0 Å². The van der Waals surface area contributed by atoms with E-state index in [1.807, 2.05) is 13.1 Å². The third-order valence-electron chi connectivity index (χ3n) is 3.67. The molecule has 3 rings (SSSR count). The van der Waals surface area contributed by atoms with Gasteiger partial charge in [-0.1, -0.05) is 6.92 Å². The Kier molecular flexibility index (Phi) is 2.65. The minimum Gasteiger partial charge on any atom is -0.373 e. The first-order chi connectivity index (χ1) is 8.24. The van der Waals surface area contributed by atoms with Crippen LogP contribution in [-0.4, -0.2) is 23.1 Å². The van der Waals surface area contributed by atoms with E-state index in [-0.39, 0.29) is 0 Å². The molecule has 92 valence electrons. The zero-order chi connectivity index (χ0) is 11.8. The van der Waals surface area contributed by atoms with Crippen LogP contribution in [0.3, 0.4) is 0 Å². The van der Waals surface area contributed by atoms with Gasteiger partial charge >= 0.3 is 0 Å². The van der Waals surface area contributed by atoms with Crippen LogP contribution < -0.4 is 10.6 Å². The molecule has 2 fully saturated rings. The third-order valence-corrected chi connectivity index (χ3v) is 3.67. The predicted molar refractivity (Wildman–Crippen MR) is 69.4 cm³/mol. The molecule has 0 amide bonds. The van der Waals surface area contributed by atoms with E-state index in [1.165, 1.54) is 25.7 Å². The maximum Gasteiger partial charge on any atom is 0.136 e. The van der Waals surface area contributed by atoms with Crippen molar-refractivity contribution < 1.29 is 0 Å². The van der Waals surface area contributed by atoms with E-state index in [9.17, 15) is 0 Å². The van der Waals surface area contributed by atoms with Crippen molar-refractivity contribution in [2.45, 2.75) is 44.6 Å². The molecule has 2 aliphatic rings. The summed E-state index contributed by atoms with van der Waals surface area (Å²) in [6, 6.07) is 2.62. The Morgan fingerprint density at radius 1 is 1.18 bits per heavy atom. The summed E-state index contributed by atoms with van der Waals surface area (Å²) in [5.74, 6) is 4.39. The topological polar surface area (TPSA) is 49.8 Å². The lowest BCUT2D eigenvalue weighted by molar-refractivity contribution is 0.308. The first-order valence-corrected chi connectivity index (χ1v) is 6.58. The second kappa shape index (κ2) is 4.17. The van der Waals surface area contributed by atoms with Crippen LogP contribution in [0.5, 0.6) is 0 Å². The van der Waals surface area contributed by atoms with Gasteiger partial charge in [0.25, 0.3) is 0 Å². The first kappa shape index (κ1) is 10.8. The second-order valence-corrected chi connectivity index (χ2v) is 5.44. The molecule has 0 radical (unpaired) electrons. The summed E-state index contributed by atoms with van der Waals surface area (Å²) >= 11 is 0. The molecule has 0 atom stereocenters. The van der Waals surface area contributed by atoms with Crippen LogP contribution >= 0.6 is 0 Å². The quantitative estimate of drug-likeness (QED) is 0.837. The SMILES string of the molecule is CNc1cc(NC2CC(C)C2)nc(C2CC2)n1. The van der Waals surface area contributed by atoms with Crippen molar-refractivity contribution in [3.63, 3.8) is 0 Å². The Balaban J connectivity index is 1.75. The highest BCUT2D eigenvalue weighted by atomic mass is 15.1. The normalized spacial score (nSPS) is 27.4. The largest absolute Gasteiger partial charge is 0.373 e. The van der Waals surface area contributed by atoms with Crippen molar-refractivity contribution in [3.8, 4) is 0 Å². The molecular formula is C13H20N4. The van der Waals surface area contributed by atoms with Crippen LogP contribution in [0.15, 0.2) is 6.07 Å². The molecule has 0 unspecified atom stereocenters. The highest BCUT2D eigenvalue weighted by molar-refractivity contribution is 5.48. The summed E-state index contributed by atoms with van der Waals surface area (Å²) in [4.78, 5) is 9.15. The molecule has 0 spiro atoms. The lowest BCUT2D eigenvalue weighted by Gasteiger charge is -2.33. The van der Waals surface area contributed by atoms with Crippen molar-refractivity contribution in [2.75, 3.05) is 17.7 Å². The van der Waals surface area contributed by atoms with Gasteiger partial charge in [-0.05, 0) is 31.6 Å². The predicted octanol–water partition coefficient (Wildman–Crippen LogP) is 2.61. The molecule has 2 saturated carbocycles. The fourth-order valence-electron chi connectivity index (χ4n) is 2.42. The summed E-state index contributed by atoms with van der Waals surface area (Å²) in [6.07, 6.45) is 5.01. The number of rotatable bonds is 4. The van der Waals surface area contributed by atoms with Gasteiger partial charge in [-0.2, -0.15) is 0 Å². The van der Waals surface area contributed by atoms with Gasteiger partial charge < -0.3 is 10.6 Å². The number of hydrogen-bond donors (Lipinski definition) is 2. The van der Waals surface area contributed by atoms with Crippen LogP contribution in [0, 0.1) is 5.92 Å². The Morgan fingerprint density at radius 3 is 2.47 bits per heavy atom. The molecule has 17 heavy (non-hydrogen) atoms. The van der Waals surface area contributed by atoms with Crippen molar-refractivity contribution in [2.24, 2.45) is 5.92 Å². The Labute approximate surface area is 102 Å². The zero-order valence-corrected chi connectivity index (χ0v) is 10.5. The summed E-state index contributed by atoms with van der Waals surface area (Å²) < 4.78 is 0. The second-order valence-electron chi connectivity index (χ2n) is 5.44. The molecule has 1 aromatic rings. The standard InChI is InChI=1S/C13H20N4/c1-8-5-10(6-8)15-12-7-11(14-2)16-13(17-12)9-3-4-9/h7-10H,3-6H2,1-2H3,(H2,14,15,16,17). The summed E-state index contributed by atoms with van der Waals surface area (Å²) in [5.41, 5.74) is 0. The molecule has 2 aliphatic carbocycles. The Morgan fingerprint density at radius 2 is 1.88 bits per heavy atom. The molecule has 4 heteroatoms. The van der Waals surface area contributed by atoms with E-state index in [2.05, 4.69) is 27.5 Å². The van der Waals surface area contributed by atoms with Crippen molar-refractivity contribution in [3.05, 3.63) is 11.9 Å². The molecule has 0 aromatic carbocycles. The summed E-state index contributed by atoms with van der Waals surface area (Å²) in [6.45, 7) is 2.30. The lowest BCUT2D eigenvalue weighted by atomic mass is 9.82. The van der Waals surface area contributed by atoms with Crippen LogP contribution in [0.2, 0.25) is 0 Å². The summed E-state index contributed by atoms with van der Waals surface area (Å²) in [5, 5.41) is 6.63. The maximum absolute atomic E-state index is 4.63. The number of nitrogens with one attached hydrogen (secondary N) is 2. The van der Waals surface area contributed by atoms with Gasteiger partial charge in [-0.15, -0.1) is 0 Å². The number of nitrogens with zero attached hydrogens (tertiary/aromatic N) is 2. The molecule has 1 aromatic heterocycles. The first-order valence-electron chi connectivity index (χ1n) is 6.58. The van der Waals surface area contributed by atoms with Gasteiger partial charge in [0.2, 0.25) is 0 Å².